The van der Waals surface area contributed by atoms with Crippen LogP contribution in [0.2, 0.25) is 0 Å². The van der Waals surface area contributed by atoms with Gasteiger partial charge in [0.2, 0.25) is 0 Å². The number of nitriles is 1. The number of halogens is 3. The first-order valence-corrected chi connectivity index (χ1v) is 7.64. The molecule has 0 aromatic heterocycles. The van der Waals surface area contributed by atoms with Gasteiger partial charge in [0.25, 0.3) is 0 Å². The first-order valence-electron chi connectivity index (χ1n) is 7.64. The Bertz CT molecular complexity index is 357. The SMILES string of the molecule is CC(C)(C)C1CCC(C#N)(CCCOCC(F)(F)F)CC1. The van der Waals surface area contributed by atoms with E-state index in [2.05, 4.69) is 31.6 Å². The molecule has 0 aromatic carbocycles. The predicted octanol–water partition coefficient (Wildman–Crippen LogP) is 5.09. The quantitative estimate of drug-likeness (QED) is 0.663. The van der Waals surface area contributed by atoms with E-state index in [-0.39, 0.29) is 17.4 Å². The second kappa shape index (κ2) is 7.00. The Morgan fingerprint density at radius 2 is 1.76 bits per heavy atom. The number of rotatable bonds is 5. The van der Waals surface area contributed by atoms with Crippen molar-refractivity contribution >= 4 is 0 Å². The predicted molar refractivity (Wildman–Crippen MR) is 75.6 cm³/mol. The molecule has 0 amide bonds. The second-order valence-corrected chi connectivity index (χ2v) is 7.30. The van der Waals surface area contributed by atoms with E-state index in [9.17, 15) is 18.4 Å². The topological polar surface area (TPSA) is 33.0 Å². The van der Waals surface area contributed by atoms with Crippen LogP contribution in [-0.4, -0.2) is 19.4 Å². The lowest BCUT2D eigenvalue weighted by Gasteiger charge is -2.40. The molecule has 21 heavy (non-hydrogen) atoms. The van der Waals surface area contributed by atoms with E-state index in [0.717, 1.165) is 25.7 Å². The van der Waals surface area contributed by atoms with E-state index >= 15 is 0 Å². The van der Waals surface area contributed by atoms with Crippen molar-refractivity contribution in [1.82, 2.24) is 0 Å². The number of hydrogen-bond donors (Lipinski definition) is 0. The molecular weight excluding hydrogens is 279 g/mol. The maximum Gasteiger partial charge on any atom is 0.411 e. The summed E-state index contributed by atoms with van der Waals surface area (Å²) in [5, 5.41) is 9.45. The molecule has 2 nitrogen and oxygen atoms in total. The van der Waals surface area contributed by atoms with Crippen LogP contribution in [0.4, 0.5) is 13.2 Å². The van der Waals surface area contributed by atoms with Crippen LogP contribution in [0, 0.1) is 28.1 Å². The fraction of sp³-hybridized carbons (Fsp3) is 0.938. The summed E-state index contributed by atoms with van der Waals surface area (Å²) in [7, 11) is 0. The molecule has 1 aliphatic rings. The molecule has 0 saturated heterocycles. The standard InChI is InChI=1S/C16H26F3NO/c1-14(2,3)13-5-8-15(11-20,9-6-13)7-4-10-21-12-16(17,18)19/h13H,4-10,12H2,1-3H3. The van der Waals surface area contributed by atoms with E-state index in [4.69, 9.17) is 0 Å². The lowest BCUT2D eigenvalue weighted by molar-refractivity contribution is -0.174. The lowest BCUT2D eigenvalue weighted by Crippen LogP contribution is -2.32. The van der Waals surface area contributed by atoms with E-state index in [0.29, 0.717) is 18.8 Å². The summed E-state index contributed by atoms with van der Waals surface area (Å²) in [5.74, 6) is 0.625. The monoisotopic (exact) mass is 305 g/mol. The first kappa shape index (κ1) is 18.3. The van der Waals surface area contributed by atoms with Crippen molar-refractivity contribution in [3.8, 4) is 6.07 Å². The van der Waals surface area contributed by atoms with Crippen molar-refractivity contribution < 1.29 is 17.9 Å². The van der Waals surface area contributed by atoms with Gasteiger partial charge in [-0.15, -0.1) is 0 Å². The van der Waals surface area contributed by atoms with Crippen LogP contribution in [0.3, 0.4) is 0 Å². The minimum atomic E-state index is -4.27. The molecule has 0 atom stereocenters. The van der Waals surface area contributed by atoms with Gasteiger partial charge in [-0.1, -0.05) is 20.8 Å². The third kappa shape index (κ3) is 6.25. The van der Waals surface area contributed by atoms with Gasteiger partial charge in [0.15, 0.2) is 0 Å². The largest absolute Gasteiger partial charge is 0.411 e. The minimum Gasteiger partial charge on any atom is -0.372 e. The van der Waals surface area contributed by atoms with Crippen molar-refractivity contribution in [2.45, 2.75) is 65.5 Å². The zero-order chi connectivity index (χ0) is 16.1. The van der Waals surface area contributed by atoms with Crippen LogP contribution in [-0.2, 0) is 4.74 Å². The van der Waals surface area contributed by atoms with Crippen LogP contribution < -0.4 is 0 Å². The summed E-state index contributed by atoms with van der Waals surface area (Å²) in [6, 6.07) is 2.42. The molecule has 0 aliphatic heterocycles. The Morgan fingerprint density at radius 1 is 1.19 bits per heavy atom. The maximum atomic E-state index is 12.0. The lowest BCUT2D eigenvalue weighted by atomic mass is 9.63. The van der Waals surface area contributed by atoms with Crippen molar-refractivity contribution in [3.63, 3.8) is 0 Å². The molecule has 122 valence electrons. The molecular formula is C16H26F3NO. The van der Waals surface area contributed by atoms with Gasteiger partial charge in [0.05, 0.1) is 11.5 Å². The number of ether oxygens (including phenoxy) is 1. The molecule has 1 saturated carbocycles. The van der Waals surface area contributed by atoms with Gasteiger partial charge in [-0.05, 0) is 49.9 Å². The Labute approximate surface area is 125 Å². The summed E-state index contributed by atoms with van der Waals surface area (Å²) < 4.78 is 40.5. The molecule has 0 unspecified atom stereocenters. The Hall–Kier alpha value is -0.760. The summed E-state index contributed by atoms with van der Waals surface area (Å²) in [6.45, 7) is 5.55. The highest BCUT2D eigenvalue weighted by Crippen LogP contribution is 2.47. The highest BCUT2D eigenvalue weighted by Gasteiger charge is 2.38. The normalized spacial score (nSPS) is 27.4. The van der Waals surface area contributed by atoms with Crippen LogP contribution in [0.25, 0.3) is 0 Å². The average Bonchev–Trinajstić information content (AvgIpc) is 2.36. The summed E-state index contributed by atoms with van der Waals surface area (Å²) in [5.41, 5.74) is -0.0965. The second-order valence-electron chi connectivity index (χ2n) is 7.30. The van der Waals surface area contributed by atoms with Crippen molar-refractivity contribution in [1.29, 1.82) is 5.26 Å². The highest BCUT2D eigenvalue weighted by atomic mass is 19.4. The fourth-order valence-corrected chi connectivity index (χ4v) is 3.15. The fourth-order valence-electron chi connectivity index (χ4n) is 3.15. The summed E-state index contributed by atoms with van der Waals surface area (Å²) in [6.07, 6.45) is 0.649. The average molecular weight is 305 g/mol. The summed E-state index contributed by atoms with van der Waals surface area (Å²) in [4.78, 5) is 0. The first-order chi connectivity index (χ1) is 9.58. The van der Waals surface area contributed by atoms with Gasteiger partial charge < -0.3 is 4.74 Å². The Kier molecular flexibility index (Phi) is 6.10. The molecule has 1 rings (SSSR count). The Balaban J connectivity index is 2.34. The number of alkyl halides is 3. The van der Waals surface area contributed by atoms with Gasteiger partial charge in [-0.2, -0.15) is 18.4 Å². The smallest absolute Gasteiger partial charge is 0.372 e. The van der Waals surface area contributed by atoms with E-state index in [1.54, 1.807) is 0 Å². The van der Waals surface area contributed by atoms with Crippen LogP contribution in [0.15, 0.2) is 0 Å². The van der Waals surface area contributed by atoms with Crippen molar-refractivity contribution in [2.75, 3.05) is 13.2 Å². The van der Waals surface area contributed by atoms with E-state index in [1.807, 2.05) is 0 Å². The molecule has 1 fully saturated rings. The van der Waals surface area contributed by atoms with Crippen molar-refractivity contribution in [2.24, 2.45) is 16.7 Å². The molecule has 0 heterocycles. The van der Waals surface area contributed by atoms with Gasteiger partial charge in [0, 0.05) is 6.61 Å². The molecule has 1 aliphatic carbocycles. The van der Waals surface area contributed by atoms with Gasteiger partial charge in [-0.3, -0.25) is 0 Å². The zero-order valence-electron chi connectivity index (χ0n) is 13.2. The molecule has 5 heteroatoms. The number of hydrogen-bond acceptors (Lipinski definition) is 2. The van der Waals surface area contributed by atoms with E-state index in [1.165, 1.54) is 0 Å². The molecule has 0 spiro atoms. The summed E-state index contributed by atoms with van der Waals surface area (Å²) >= 11 is 0. The number of nitrogens with zero attached hydrogens (tertiary/aromatic N) is 1. The van der Waals surface area contributed by atoms with Gasteiger partial charge >= 0.3 is 6.18 Å². The van der Waals surface area contributed by atoms with Gasteiger partial charge in [-0.25, -0.2) is 0 Å². The third-order valence-electron chi connectivity index (χ3n) is 4.61. The van der Waals surface area contributed by atoms with E-state index < -0.39 is 12.8 Å². The zero-order valence-corrected chi connectivity index (χ0v) is 13.2. The van der Waals surface area contributed by atoms with Gasteiger partial charge in [0.1, 0.15) is 6.61 Å². The molecule has 0 N–H and O–H groups in total. The third-order valence-corrected chi connectivity index (χ3v) is 4.61. The Morgan fingerprint density at radius 3 is 2.19 bits per heavy atom. The highest BCUT2D eigenvalue weighted by molar-refractivity contribution is 5.02. The van der Waals surface area contributed by atoms with Crippen molar-refractivity contribution in [3.05, 3.63) is 0 Å². The van der Waals surface area contributed by atoms with Crippen LogP contribution in [0.5, 0.6) is 0 Å². The maximum absolute atomic E-state index is 12.0. The molecule has 0 aromatic rings. The van der Waals surface area contributed by atoms with Crippen LogP contribution >= 0.6 is 0 Å². The minimum absolute atomic E-state index is 0.0750. The molecule has 0 radical (unpaired) electrons. The van der Waals surface area contributed by atoms with Crippen LogP contribution in [0.1, 0.15) is 59.3 Å². The molecule has 0 bridgehead atoms.